The van der Waals surface area contributed by atoms with Gasteiger partial charge in [-0.25, -0.2) is 8.42 Å². The first kappa shape index (κ1) is 20.5. The highest BCUT2D eigenvalue weighted by molar-refractivity contribution is 9.10. The molecule has 0 spiro atoms. The number of nitrogens with zero attached hydrogens (tertiary/aromatic N) is 1. The zero-order chi connectivity index (χ0) is 19.2. The molecule has 2 aromatic rings. The van der Waals surface area contributed by atoms with Gasteiger partial charge >= 0.3 is 0 Å². The standard InChI is InChI=1S/C17H18BrClN2O4S/c1-26(23,24)21(15-4-2-3-13(18)11-15)12-17(22)20-9-10-25-16-7-5-14(19)6-8-16/h2-8,11H,9-10,12H2,1H3,(H,20,22). The second-order valence-electron chi connectivity index (χ2n) is 5.40. The second-order valence-corrected chi connectivity index (χ2v) is 8.66. The van der Waals surface area contributed by atoms with E-state index >= 15 is 0 Å². The van der Waals surface area contributed by atoms with Crippen LogP contribution in [0.25, 0.3) is 0 Å². The summed E-state index contributed by atoms with van der Waals surface area (Å²) in [5.74, 6) is 0.214. The first-order valence-electron chi connectivity index (χ1n) is 7.64. The van der Waals surface area contributed by atoms with Gasteiger partial charge in [-0.05, 0) is 42.5 Å². The van der Waals surface area contributed by atoms with Crippen molar-refractivity contribution in [2.75, 3.05) is 30.3 Å². The number of carbonyl (C=O) groups is 1. The van der Waals surface area contributed by atoms with Gasteiger partial charge in [-0.3, -0.25) is 9.10 Å². The summed E-state index contributed by atoms with van der Waals surface area (Å²) in [5.41, 5.74) is 0.412. The van der Waals surface area contributed by atoms with Gasteiger partial charge in [-0.2, -0.15) is 0 Å². The fourth-order valence-corrected chi connectivity index (χ4v) is 3.47. The highest BCUT2D eigenvalue weighted by Crippen LogP contribution is 2.21. The normalized spacial score (nSPS) is 11.0. The first-order valence-corrected chi connectivity index (χ1v) is 10.7. The molecule has 2 rings (SSSR count). The highest BCUT2D eigenvalue weighted by Gasteiger charge is 2.20. The summed E-state index contributed by atoms with van der Waals surface area (Å²) in [6, 6.07) is 13.6. The van der Waals surface area contributed by atoms with Crippen LogP contribution in [0.5, 0.6) is 5.75 Å². The number of amides is 1. The minimum absolute atomic E-state index is 0.248. The Morgan fingerprint density at radius 3 is 2.54 bits per heavy atom. The van der Waals surface area contributed by atoms with E-state index in [1.54, 1.807) is 48.5 Å². The lowest BCUT2D eigenvalue weighted by Gasteiger charge is -2.22. The molecule has 0 aliphatic carbocycles. The van der Waals surface area contributed by atoms with Crippen molar-refractivity contribution >= 4 is 49.1 Å². The molecule has 0 aliphatic rings. The summed E-state index contributed by atoms with van der Waals surface area (Å²) < 4.78 is 31.3. The fourth-order valence-electron chi connectivity index (χ4n) is 2.11. The molecule has 0 radical (unpaired) electrons. The number of hydrogen-bond acceptors (Lipinski definition) is 4. The van der Waals surface area contributed by atoms with Gasteiger partial charge in [-0.1, -0.05) is 33.6 Å². The Morgan fingerprint density at radius 1 is 1.23 bits per heavy atom. The van der Waals surface area contributed by atoms with Crippen molar-refractivity contribution in [3.63, 3.8) is 0 Å². The van der Waals surface area contributed by atoms with E-state index in [1.165, 1.54) is 0 Å². The molecule has 2 aromatic carbocycles. The summed E-state index contributed by atoms with van der Waals surface area (Å²) in [7, 11) is -3.60. The number of carbonyl (C=O) groups excluding carboxylic acids is 1. The summed E-state index contributed by atoms with van der Waals surface area (Å²) >= 11 is 9.09. The Labute approximate surface area is 166 Å². The number of hydrogen-bond donors (Lipinski definition) is 1. The molecule has 0 atom stereocenters. The van der Waals surface area contributed by atoms with Crippen LogP contribution in [0.3, 0.4) is 0 Å². The lowest BCUT2D eigenvalue weighted by atomic mass is 10.3. The van der Waals surface area contributed by atoms with Gasteiger partial charge in [0.05, 0.1) is 18.5 Å². The molecule has 140 valence electrons. The summed E-state index contributed by atoms with van der Waals surface area (Å²) in [6.07, 6.45) is 1.06. The van der Waals surface area contributed by atoms with Crippen molar-refractivity contribution in [2.45, 2.75) is 0 Å². The third-order valence-electron chi connectivity index (χ3n) is 3.29. The van der Waals surface area contributed by atoms with Crippen LogP contribution in [-0.4, -0.2) is 40.3 Å². The van der Waals surface area contributed by atoms with E-state index in [9.17, 15) is 13.2 Å². The number of ether oxygens (including phenoxy) is 1. The number of anilines is 1. The predicted octanol–water partition coefficient (Wildman–Crippen LogP) is 3.06. The van der Waals surface area contributed by atoms with E-state index in [-0.39, 0.29) is 19.7 Å². The van der Waals surface area contributed by atoms with Crippen molar-refractivity contribution in [2.24, 2.45) is 0 Å². The fraction of sp³-hybridized carbons (Fsp3) is 0.235. The van der Waals surface area contributed by atoms with Crippen LogP contribution in [0.1, 0.15) is 0 Å². The lowest BCUT2D eigenvalue weighted by molar-refractivity contribution is -0.119. The molecule has 0 aromatic heterocycles. The Kier molecular flexibility index (Phi) is 7.31. The largest absolute Gasteiger partial charge is 0.492 e. The van der Waals surface area contributed by atoms with Crippen molar-refractivity contribution in [1.82, 2.24) is 5.32 Å². The average Bonchev–Trinajstić information content (AvgIpc) is 2.57. The SMILES string of the molecule is CS(=O)(=O)N(CC(=O)NCCOc1ccc(Cl)cc1)c1cccc(Br)c1. The van der Waals surface area contributed by atoms with Crippen LogP contribution in [0.2, 0.25) is 5.02 Å². The molecular weight excluding hydrogens is 444 g/mol. The van der Waals surface area contributed by atoms with Crippen molar-refractivity contribution in [3.05, 3.63) is 58.0 Å². The summed E-state index contributed by atoms with van der Waals surface area (Å²) in [4.78, 5) is 12.1. The van der Waals surface area contributed by atoms with Gasteiger partial charge in [0.1, 0.15) is 18.9 Å². The number of rotatable bonds is 8. The Hall–Kier alpha value is -1.77. The molecule has 0 bridgehead atoms. The number of halogens is 2. The van der Waals surface area contributed by atoms with E-state index in [1.807, 2.05) is 0 Å². The van der Waals surface area contributed by atoms with Gasteiger partial charge in [0.2, 0.25) is 15.9 Å². The van der Waals surface area contributed by atoms with Crippen LogP contribution in [0.4, 0.5) is 5.69 Å². The quantitative estimate of drug-likeness (QED) is 0.613. The number of nitrogens with one attached hydrogen (secondary N) is 1. The average molecular weight is 462 g/mol. The molecule has 6 nitrogen and oxygen atoms in total. The maximum atomic E-state index is 12.1. The van der Waals surface area contributed by atoms with Crippen LogP contribution in [0, 0.1) is 0 Å². The Balaban J connectivity index is 1.88. The van der Waals surface area contributed by atoms with Crippen molar-refractivity contribution in [1.29, 1.82) is 0 Å². The van der Waals surface area contributed by atoms with Crippen molar-refractivity contribution in [3.8, 4) is 5.75 Å². The molecule has 0 heterocycles. The van der Waals surface area contributed by atoms with Crippen LogP contribution < -0.4 is 14.4 Å². The maximum absolute atomic E-state index is 12.1. The molecule has 0 saturated carbocycles. The molecule has 9 heteroatoms. The van der Waals surface area contributed by atoms with E-state index in [0.29, 0.717) is 16.5 Å². The predicted molar refractivity (Wildman–Crippen MR) is 106 cm³/mol. The molecule has 0 aliphatic heterocycles. The van der Waals surface area contributed by atoms with Crippen molar-refractivity contribution < 1.29 is 17.9 Å². The van der Waals surface area contributed by atoms with E-state index < -0.39 is 15.9 Å². The smallest absolute Gasteiger partial charge is 0.240 e. The monoisotopic (exact) mass is 460 g/mol. The third kappa shape index (κ3) is 6.51. The summed E-state index contributed by atoms with van der Waals surface area (Å²) in [5, 5.41) is 3.25. The molecule has 0 fully saturated rings. The molecule has 0 unspecified atom stereocenters. The van der Waals surface area contributed by atoms with E-state index in [2.05, 4.69) is 21.2 Å². The second kappa shape index (κ2) is 9.25. The summed E-state index contributed by atoms with van der Waals surface area (Å²) in [6.45, 7) is 0.191. The minimum Gasteiger partial charge on any atom is -0.492 e. The lowest BCUT2D eigenvalue weighted by Crippen LogP contribution is -2.41. The molecule has 0 saturated heterocycles. The topological polar surface area (TPSA) is 75.7 Å². The molecule has 1 amide bonds. The van der Waals surface area contributed by atoms with Gasteiger partial charge in [-0.15, -0.1) is 0 Å². The Bertz CT molecular complexity index is 859. The number of benzene rings is 2. The minimum atomic E-state index is -3.60. The van der Waals surface area contributed by atoms with Gasteiger partial charge < -0.3 is 10.1 Å². The van der Waals surface area contributed by atoms with Crippen LogP contribution >= 0.6 is 27.5 Å². The zero-order valence-corrected chi connectivity index (χ0v) is 17.1. The number of sulfonamides is 1. The van der Waals surface area contributed by atoms with Gasteiger partial charge in [0.25, 0.3) is 0 Å². The third-order valence-corrected chi connectivity index (χ3v) is 5.18. The zero-order valence-electron chi connectivity index (χ0n) is 14.0. The van der Waals surface area contributed by atoms with Crippen LogP contribution in [0.15, 0.2) is 53.0 Å². The molecule has 26 heavy (non-hydrogen) atoms. The Morgan fingerprint density at radius 2 is 1.92 bits per heavy atom. The maximum Gasteiger partial charge on any atom is 0.240 e. The van der Waals surface area contributed by atoms with Crippen LogP contribution in [-0.2, 0) is 14.8 Å². The van der Waals surface area contributed by atoms with E-state index in [0.717, 1.165) is 15.0 Å². The van der Waals surface area contributed by atoms with Gasteiger partial charge in [0, 0.05) is 9.50 Å². The molecular formula is C17H18BrClN2O4S. The highest BCUT2D eigenvalue weighted by atomic mass is 79.9. The van der Waals surface area contributed by atoms with Gasteiger partial charge in [0.15, 0.2) is 0 Å². The first-order chi connectivity index (χ1) is 12.3. The molecule has 1 N–H and O–H groups in total. The van der Waals surface area contributed by atoms with E-state index in [4.69, 9.17) is 16.3 Å².